The van der Waals surface area contributed by atoms with Crippen LogP contribution in [0.3, 0.4) is 0 Å². The van der Waals surface area contributed by atoms with Crippen molar-refractivity contribution < 1.29 is 0 Å². The lowest BCUT2D eigenvalue weighted by molar-refractivity contribution is 0.400. The second-order valence-electron chi connectivity index (χ2n) is 5.07. The molecule has 0 aromatic carbocycles. The van der Waals surface area contributed by atoms with Gasteiger partial charge in [0.1, 0.15) is 0 Å². The van der Waals surface area contributed by atoms with Crippen LogP contribution in [0, 0.1) is 5.92 Å². The Balaban J connectivity index is 2.15. The first-order chi connectivity index (χ1) is 8.59. The van der Waals surface area contributed by atoms with Gasteiger partial charge >= 0.3 is 0 Å². The number of nitrogens with two attached hydrogens (primary N) is 1. The zero-order valence-electron chi connectivity index (χ0n) is 11.2. The van der Waals surface area contributed by atoms with E-state index in [1.54, 1.807) is 6.20 Å². The van der Waals surface area contributed by atoms with E-state index >= 15 is 0 Å². The molecule has 2 heterocycles. The van der Waals surface area contributed by atoms with Crippen molar-refractivity contribution in [2.45, 2.75) is 39.4 Å². The molecule has 0 fully saturated rings. The molecule has 0 aliphatic rings. The highest BCUT2D eigenvalue weighted by Gasteiger charge is 2.18. The Labute approximate surface area is 108 Å². The molecule has 2 N–H and O–H groups in total. The predicted octanol–water partition coefficient (Wildman–Crippen LogP) is 2.00. The average molecular weight is 247 g/mol. The van der Waals surface area contributed by atoms with E-state index in [4.69, 9.17) is 5.73 Å². The maximum absolute atomic E-state index is 6.21. The van der Waals surface area contributed by atoms with Crippen molar-refractivity contribution in [3.05, 3.63) is 36.7 Å². The Bertz CT molecular complexity index is 471. The van der Waals surface area contributed by atoms with Crippen LogP contribution >= 0.6 is 0 Å². The Hall–Kier alpha value is -1.62. The van der Waals surface area contributed by atoms with Gasteiger partial charge in [-0.3, -0.25) is 4.68 Å². The van der Waals surface area contributed by atoms with Crippen molar-refractivity contribution in [3.63, 3.8) is 0 Å². The van der Waals surface area contributed by atoms with Crippen LogP contribution in [0.15, 0.2) is 31.0 Å². The van der Waals surface area contributed by atoms with Gasteiger partial charge in [-0.05, 0) is 18.9 Å². The van der Waals surface area contributed by atoms with E-state index in [-0.39, 0.29) is 12.1 Å². The first kappa shape index (κ1) is 12.8. The minimum Gasteiger partial charge on any atom is -0.328 e. The van der Waals surface area contributed by atoms with Crippen LogP contribution in [0.4, 0.5) is 0 Å². The highest BCUT2D eigenvalue weighted by atomic mass is 15.3. The predicted molar refractivity (Wildman–Crippen MR) is 70.9 cm³/mol. The molecule has 0 aliphatic carbocycles. The monoisotopic (exact) mass is 247 g/mol. The number of hydrogen-bond donors (Lipinski definition) is 1. The molecule has 0 saturated carbocycles. The summed E-state index contributed by atoms with van der Waals surface area (Å²) in [7, 11) is 0. The van der Waals surface area contributed by atoms with Crippen LogP contribution in [0.2, 0.25) is 0 Å². The van der Waals surface area contributed by atoms with Crippen molar-refractivity contribution >= 4 is 0 Å². The maximum Gasteiger partial charge on any atom is 0.0951 e. The van der Waals surface area contributed by atoms with E-state index < -0.39 is 0 Å². The van der Waals surface area contributed by atoms with Gasteiger partial charge in [-0.25, -0.2) is 4.98 Å². The highest BCUT2D eigenvalue weighted by Crippen LogP contribution is 2.22. The largest absolute Gasteiger partial charge is 0.328 e. The number of hydrogen-bond acceptors (Lipinski definition) is 3. The molecular formula is C13H21N5. The van der Waals surface area contributed by atoms with Crippen molar-refractivity contribution in [1.29, 1.82) is 0 Å². The Morgan fingerprint density at radius 1 is 1.33 bits per heavy atom. The molecular weight excluding hydrogens is 226 g/mol. The summed E-state index contributed by atoms with van der Waals surface area (Å²) in [5.41, 5.74) is 7.30. The number of nitrogens with zero attached hydrogens (tertiary/aromatic N) is 4. The number of rotatable bonds is 5. The topological polar surface area (TPSA) is 61.7 Å². The quantitative estimate of drug-likeness (QED) is 0.879. The van der Waals surface area contributed by atoms with Gasteiger partial charge in [-0.2, -0.15) is 5.10 Å². The van der Waals surface area contributed by atoms with Crippen LogP contribution in [0.5, 0.6) is 0 Å². The summed E-state index contributed by atoms with van der Waals surface area (Å²) in [4.78, 5) is 4.23. The van der Waals surface area contributed by atoms with Crippen LogP contribution in [-0.4, -0.2) is 19.3 Å². The molecule has 2 rings (SSSR count). The molecule has 0 radical (unpaired) electrons. The van der Waals surface area contributed by atoms with Crippen LogP contribution in [0.1, 0.15) is 38.5 Å². The second kappa shape index (κ2) is 5.35. The van der Waals surface area contributed by atoms with Gasteiger partial charge in [-0.1, -0.05) is 13.8 Å². The maximum atomic E-state index is 6.21. The summed E-state index contributed by atoms with van der Waals surface area (Å²) in [6.45, 7) is 7.22. The molecule has 0 spiro atoms. The fraction of sp³-hybridized carbons (Fsp3) is 0.538. The van der Waals surface area contributed by atoms with Gasteiger partial charge < -0.3 is 10.3 Å². The molecule has 2 aromatic heterocycles. The zero-order valence-corrected chi connectivity index (χ0v) is 11.2. The minimum atomic E-state index is 0.0209. The van der Waals surface area contributed by atoms with Crippen molar-refractivity contribution in [1.82, 2.24) is 19.3 Å². The van der Waals surface area contributed by atoms with Gasteiger partial charge in [0.2, 0.25) is 0 Å². The van der Waals surface area contributed by atoms with Gasteiger partial charge in [0.25, 0.3) is 0 Å². The summed E-state index contributed by atoms with van der Waals surface area (Å²) in [6.07, 6.45) is 7.48. The van der Waals surface area contributed by atoms with E-state index in [1.165, 1.54) is 0 Å². The average Bonchev–Trinajstić information content (AvgIpc) is 2.97. The molecule has 5 heteroatoms. The molecule has 0 aliphatic heterocycles. The number of aromatic nitrogens is 4. The van der Waals surface area contributed by atoms with E-state index in [2.05, 4.69) is 35.4 Å². The zero-order chi connectivity index (χ0) is 13.1. The lowest BCUT2D eigenvalue weighted by atomic mass is 10.0. The summed E-state index contributed by atoms with van der Waals surface area (Å²) < 4.78 is 4.07. The third-order valence-electron chi connectivity index (χ3n) is 3.24. The van der Waals surface area contributed by atoms with Crippen LogP contribution in [-0.2, 0) is 6.54 Å². The lowest BCUT2D eigenvalue weighted by Crippen LogP contribution is -2.23. The van der Waals surface area contributed by atoms with Crippen molar-refractivity contribution in [2.24, 2.45) is 11.7 Å². The molecule has 98 valence electrons. The fourth-order valence-corrected chi connectivity index (χ4v) is 2.05. The van der Waals surface area contributed by atoms with Gasteiger partial charge in [0, 0.05) is 24.6 Å². The molecule has 2 atom stereocenters. The van der Waals surface area contributed by atoms with Gasteiger partial charge in [-0.15, -0.1) is 0 Å². The summed E-state index contributed by atoms with van der Waals surface area (Å²) in [6, 6.07) is 2.24. The first-order valence-corrected chi connectivity index (χ1v) is 6.34. The molecule has 0 saturated heterocycles. The Kier molecular flexibility index (Phi) is 3.81. The molecule has 5 nitrogen and oxygen atoms in total. The van der Waals surface area contributed by atoms with E-state index in [9.17, 15) is 0 Å². The molecule has 0 amide bonds. The van der Waals surface area contributed by atoms with Crippen molar-refractivity contribution in [3.8, 4) is 0 Å². The van der Waals surface area contributed by atoms with E-state index in [1.807, 2.05) is 29.5 Å². The normalized spacial score (nSPS) is 14.9. The molecule has 2 unspecified atom stereocenters. The van der Waals surface area contributed by atoms with Crippen LogP contribution in [0.25, 0.3) is 0 Å². The molecule has 0 bridgehead atoms. The lowest BCUT2D eigenvalue weighted by Gasteiger charge is -2.22. The summed E-state index contributed by atoms with van der Waals surface area (Å²) in [5.74, 6) is 0.400. The smallest absolute Gasteiger partial charge is 0.0951 e. The summed E-state index contributed by atoms with van der Waals surface area (Å²) in [5, 5.41) is 4.23. The van der Waals surface area contributed by atoms with E-state index in [0.717, 1.165) is 12.2 Å². The first-order valence-electron chi connectivity index (χ1n) is 6.34. The van der Waals surface area contributed by atoms with Gasteiger partial charge in [0.15, 0.2) is 0 Å². The number of imidazole rings is 1. The standard InChI is InChI=1S/C13H21N5/c1-10(2)13(14)12-7-15-9-18(12)11(3)8-17-6-4-5-16-17/h4-7,9-11,13H,8,14H2,1-3H3. The van der Waals surface area contributed by atoms with Crippen molar-refractivity contribution in [2.75, 3.05) is 0 Å². The Morgan fingerprint density at radius 3 is 2.72 bits per heavy atom. The Morgan fingerprint density at radius 2 is 2.11 bits per heavy atom. The highest BCUT2D eigenvalue weighted by molar-refractivity contribution is 5.06. The third-order valence-corrected chi connectivity index (χ3v) is 3.24. The molecule has 18 heavy (non-hydrogen) atoms. The third kappa shape index (κ3) is 2.61. The second-order valence-corrected chi connectivity index (χ2v) is 5.07. The van der Waals surface area contributed by atoms with Gasteiger partial charge in [0.05, 0.1) is 24.6 Å². The SMILES string of the molecule is CC(C)C(N)c1cncn1C(C)Cn1cccn1. The molecule has 2 aromatic rings. The van der Waals surface area contributed by atoms with E-state index in [0.29, 0.717) is 5.92 Å². The van der Waals surface area contributed by atoms with Crippen LogP contribution < -0.4 is 5.73 Å². The fourth-order valence-electron chi connectivity index (χ4n) is 2.05. The minimum absolute atomic E-state index is 0.0209. The summed E-state index contributed by atoms with van der Waals surface area (Å²) >= 11 is 0.